The van der Waals surface area contributed by atoms with Crippen molar-refractivity contribution in [3.63, 3.8) is 0 Å². The summed E-state index contributed by atoms with van der Waals surface area (Å²) in [6.45, 7) is 19.3. The molecule has 1 aliphatic heterocycles. The molecule has 214 valence electrons. The third-order valence-corrected chi connectivity index (χ3v) is 13.1. The van der Waals surface area contributed by atoms with Gasteiger partial charge in [-0.3, -0.25) is 0 Å². The zero-order valence-electron chi connectivity index (χ0n) is 32.2. The summed E-state index contributed by atoms with van der Waals surface area (Å²) in [5.74, 6) is 2.12. The predicted octanol–water partition coefficient (Wildman–Crippen LogP) is 11.3. The molecule has 0 aliphatic carbocycles. The number of fused-ring (bicyclic) bond motifs is 1. The van der Waals surface area contributed by atoms with Gasteiger partial charge in [-0.1, -0.05) is 55.7 Å². The summed E-state index contributed by atoms with van der Waals surface area (Å²) in [6.07, 6.45) is 12.7. The fourth-order valence-electron chi connectivity index (χ4n) is 4.84. The lowest BCUT2D eigenvalue weighted by Crippen LogP contribution is -2.44. The van der Waals surface area contributed by atoms with Crippen LogP contribution in [0.3, 0.4) is 0 Å². The Morgan fingerprint density at radius 3 is 2.11 bits per heavy atom. The Kier molecular flexibility index (Phi) is 8.29. The highest BCUT2D eigenvalue weighted by Gasteiger charge is 2.41. The Hall–Kier alpha value is -1.74. The van der Waals surface area contributed by atoms with Gasteiger partial charge in [-0.15, -0.1) is 0 Å². The summed E-state index contributed by atoms with van der Waals surface area (Å²) in [5.41, 5.74) is 6.78. The van der Waals surface area contributed by atoms with Crippen molar-refractivity contribution in [3.8, 4) is 11.5 Å². The number of hydrogen-bond acceptors (Lipinski definition) is 2. The van der Waals surface area contributed by atoms with Crippen LogP contribution in [0.4, 0.5) is 0 Å². The number of allylic oxidation sites excluding steroid dienone is 6. The maximum atomic E-state index is 7.50. The molecule has 0 bridgehead atoms. The molecule has 0 fully saturated rings. The van der Waals surface area contributed by atoms with Crippen molar-refractivity contribution in [2.45, 2.75) is 151 Å². The molecule has 1 atom stereocenters. The first-order valence-corrected chi connectivity index (χ1v) is 17.3. The van der Waals surface area contributed by atoms with Crippen LogP contribution in [0, 0.1) is 20.8 Å². The fourth-order valence-corrected chi connectivity index (χ4v) is 5.96. The first-order valence-electron chi connectivity index (χ1n) is 17.4. The van der Waals surface area contributed by atoms with E-state index in [1.807, 2.05) is 6.92 Å². The van der Waals surface area contributed by atoms with Crippen LogP contribution < -0.4 is 9.16 Å². The van der Waals surface area contributed by atoms with Crippen LogP contribution in [-0.4, -0.2) is 13.9 Å². The monoisotopic (exact) mass is 544 g/mol. The van der Waals surface area contributed by atoms with Gasteiger partial charge in [0.2, 0.25) is 0 Å². The van der Waals surface area contributed by atoms with Crippen LogP contribution in [0.5, 0.6) is 11.5 Å². The van der Waals surface area contributed by atoms with Crippen LogP contribution >= 0.6 is 0 Å². The average molecular weight is 545 g/mol. The Bertz CT molecular complexity index is 1250. The molecule has 0 radical (unpaired) electrons. The molecule has 3 heteroatoms. The lowest BCUT2D eigenvalue weighted by atomic mass is 9.85. The van der Waals surface area contributed by atoms with E-state index in [2.05, 4.69) is 80.6 Å². The summed E-state index contributed by atoms with van der Waals surface area (Å²) in [6, 6.07) is 0. The van der Waals surface area contributed by atoms with Crippen molar-refractivity contribution in [1.29, 1.82) is 0 Å². The van der Waals surface area contributed by atoms with Gasteiger partial charge in [0.15, 0.2) is 0 Å². The van der Waals surface area contributed by atoms with E-state index in [-0.39, 0.29) is 10.6 Å². The summed E-state index contributed by atoms with van der Waals surface area (Å²) in [7, 11) is -1.96. The van der Waals surface area contributed by atoms with Crippen molar-refractivity contribution in [1.82, 2.24) is 0 Å². The van der Waals surface area contributed by atoms with Crippen LogP contribution in [0.1, 0.15) is 131 Å². The van der Waals surface area contributed by atoms with Gasteiger partial charge in [0, 0.05) is 13.8 Å². The molecule has 0 aromatic heterocycles. The third kappa shape index (κ3) is 8.63. The molecule has 2 rings (SSSR count). The summed E-state index contributed by atoms with van der Waals surface area (Å²) in [5, 5.41) is 0.138. The van der Waals surface area contributed by atoms with E-state index in [0.29, 0.717) is 12.8 Å². The molecule has 1 aliphatic rings. The van der Waals surface area contributed by atoms with E-state index in [9.17, 15) is 0 Å². The summed E-state index contributed by atoms with van der Waals surface area (Å²) in [4.78, 5) is 0. The van der Waals surface area contributed by atoms with Gasteiger partial charge >= 0.3 is 0 Å². The number of rotatable bonds is 11. The SMILES string of the molecule is [2H]C([2H])([2H])C(=CCC/C(C)=C/CC/C(C)=C/CC[C@]1(C)CCc2c(C)c(O[Si](C)(C)C(C)(C)C)c(C)c(C)c2O1)C([2H])([2H])[2H]. The second-order valence-corrected chi connectivity index (χ2v) is 18.0. The number of hydrogen-bond donors (Lipinski definition) is 0. The first kappa shape index (κ1) is 24.1. The summed E-state index contributed by atoms with van der Waals surface area (Å²) < 4.78 is 58.7. The van der Waals surface area contributed by atoms with Crippen LogP contribution in [-0.2, 0) is 6.42 Å². The van der Waals surface area contributed by atoms with Crippen molar-refractivity contribution in [2.24, 2.45) is 0 Å². The molecule has 1 heterocycles. The minimum Gasteiger partial charge on any atom is -0.543 e. The van der Waals surface area contributed by atoms with Crippen LogP contribution in [0.25, 0.3) is 0 Å². The van der Waals surface area contributed by atoms with Gasteiger partial charge in [-0.25, -0.2) is 0 Å². The zero-order valence-corrected chi connectivity index (χ0v) is 27.2. The maximum absolute atomic E-state index is 7.50. The Morgan fingerprint density at radius 2 is 1.53 bits per heavy atom. The van der Waals surface area contributed by atoms with E-state index in [4.69, 9.17) is 17.4 Å². The standard InChI is InChI=1S/C35H58O2Si/c1-25(2)17-14-18-26(3)19-15-20-27(4)21-16-23-35(11)24-22-31-30(7)32(28(5)29(6)33(31)36-35)37-38(12,13)34(8,9)10/h17,19,21H,14-16,18,20,22-24H2,1-13H3/b26-19+,27-21+/t35-/m1/s1/i1D3,2D3. The number of benzene rings is 1. The molecule has 38 heavy (non-hydrogen) atoms. The molecule has 0 amide bonds. The first-order chi connectivity index (χ1) is 19.9. The van der Waals surface area contributed by atoms with Crippen molar-refractivity contribution in [2.75, 3.05) is 0 Å². The Morgan fingerprint density at radius 1 is 0.947 bits per heavy atom. The van der Waals surface area contributed by atoms with Crippen LogP contribution in [0.2, 0.25) is 18.1 Å². The third-order valence-electron chi connectivity index (χ3n) is 8.81. The van der Waals surface area contributed by atoms with E-state index in [1.165, 1.54) is 33.9 Å². The smallest absolute Gasteiger partial charge is 0.250 e. The van der Waals surface area contributed by atoms with Gasteiger partial charge in [0.1, 0.15) is 17.1 Å². The van der Waals surface area contributed by atoms with Gasteiger partial charge in [-0.05, 0) is 141 Å². The van der Waals surface area contributed by atoms with Crippen LogP contribution in [0.15, 0.2) is 34.9 Å². The highest BCUT2D eigenvalue weighted by molar-refractivity contribution is 6.74. The Balaban J connectivity index is 1.99. The summed E-state index contributed by atoms with van der Waals surface area (Å²) >= 11 is 0. The van der Waals surface area contributed by atoms with Gasteiger partial charge in [0.05, 0.1) is 0 Å². The van der Waals surface area contributed by atoms with E-state index in [0.717, 1.165) is 55.6 Å². The molecule has 2 nitrogen and oxygen atoms in total. The molecular weight excluding hydrogens is 480 g/mol. The second kappa shape index (κ2) is 13.1. The molecule has 0 N–H and O–H groups in total. The van der Waals surface area contributed by atoms with Gasteiger partial charge in [-0.2, -0.15) is 0 Å². The average Bonchev–Trinajstić information content (AvgIpc) is 2.85. The molecule has 0 saturated heterocycles. The van der Waals surface area contributed by atoms with Crippen molar-refractivity contribution < 1.29 is 17.4 Å². The molecule has 0 spiro atoms. The molecule has 1 aromatic rings. The maximum Gasteiger partial charge on any atom is 0.250 e. The van der Waals surface area contributed by atoms with Crippen molar-refractivity contribution in [3.05, 3.63) is 57.2 Å². The minimum atomic E-state index is -2.59. The minimum absolute atomic E-state index is 0.138. The van der Waals surface area contributed by atoms with Crippen molar-refractivity contribution >= 4 is 8.32 Å². The molecular formula is C35H58O2Si. The lowest BCUT2D eigenvalue weighted by molar-refractivity contribution is 0.0559. The second-order valence-electron chi connectivity index (χ2n) is 13.3. The van der Waals surface area contributed by atoms with Gasteiger partial charge in [0.25, 0.3) is 8.32 Å². The molecule has 0 unspecified atom stereocenters. The Labute approximate surface area is 245 Å². The molecule has 1 aromatic carbocycles. The largest absolute Gasteiger partial charge is 0.543 e. The highest BCUT2D eigenvalue weighted by Crippen LogP contribution is 2.47. The van der Waals surface area contributed by atoms with E-state index >= 15 is 0 Å². The quantitative estimate of drug-likeness (QED) is 0.204. The fraction of sp³-hybridized carbons (Fsp3) is 0.657. The van der Waals surface area contributed by atoms with E-state index < -0.39 is 27.6 Å². The van der Waals surface area contributed by atoms with E-state index in [1.54, 1.807) is 0 Å². The molecule has 0 saturated carbocycles. The predicted molar refractivity (Wildman–Crippen MR) is 170 cm³/mol. The zero-order chi connectivity index (χ0) is 33.9. The lowest BCUT2D eigenvalue weighted by Gasteiger charge is -2.41. The number of ether oxygens (including phenoxy) is 1. The normalized spacial score (nSPS) is 21.7. The topological polar surface area (TPSA) is 18.5 Å². The van der Waals surface area contributed by atoms with Gasteiger partial charge < -0.3 is 9.16 Å². The highest BCUT2D eigenvalue weighted by atomic mass is 28.4.